The average Bonchev–Trinajstić information content (AvgIpc) is 2.42. The van der Waals surface area contributed by atoms with Crippen LogP contribution < -0.4 is 10.6 Å². The Morgan fingerprint density at radius 3 is 2.55 bits per heavy atom. The normalized spacial score (nSPS) is 16.3. The number of benzene rings is 1. The first-order valence-electron chi connectivity index (χ1n) is 7.47. The molecule has 2 rings (SSSR count). The van der Waals surface area contributed by atoms with Crippen LogP contribution in [0.3, 0.4) is 0 Å². The van der Waals surface area contributed by atoms with E-state index in [0.717, 1.165) is 31.4 Å². The number of nitrogens with one attached hydrogen (secondary N) is 2. The fourth-order valence-corrected chi connectivity index (χ4v) is 2.32. The van der Waals surface area contributed by atoms with Crippen LogP contribution in [0.1, 0.15) is 44.6 Å². The van der Waals surface area contributed by atoms with Crippen LogP contribution in [-0.4, -0.2) is 23.3 Å². The average molecular weight is 276 g/mol. The van der Waals surface area contributed by atoms with Crippen molar-refractivity contribution >= 4 is 11.7 Å². The molecule has 1 aromatic carbocycles. The zero-order valence-electron chi connectivity index (χ0n) is 12.1. The van der Waals surface area contributed by atoms with E-state index in [1.165, 1.54) is 18.4 Å². The number of hydrogen-bond donors (Lipinski definition) is 3. The molecular formula is C16H24N2O2. The van der Waals surface area contributed by atoms with Crippen LogP contribution in [0.2, 0.25) is 0 Å². The predicted octanol–water partition coefficient (Wildman–Crippen LogP) is 3.07. The van der Waals surface area contributed by atoms with Crippen LogP contribution in [0.25, 0.3) is 0 Å². The third kappa shape index (κ3) is 4.23. The summed E-state index contributed by atoms with van der Waals surface area (Å²) in [5.74, 6) is 0. The number of carbonyl (C=O) groups is 1. The fourth-order valence-electron chi connectivity index (χ4n) is 2.32. The number of carbonyl (C=O) groups excluding carboxylic acids is 1. The van der Waals surface area contributed by atoms with E-state index in [1.807, 2.05) is 24.3 Å². The number of rotatable bonds is 6. The van der Waals surface area contributed by atoms with Gasteiger partial charge >= 0.3 is 6.03 Å². The first kappa shape index (κ1) is 14.9. The summed E-state index contributed by atoms with van der Waals surface area (Å²) in [4.78, 5) is 11.7. The minimum absolute atomic E-state index is 0.258. The first-order chi connectivity index (χ1) is 9.61. The summed E-state index contributed by atoms with van der Waals surface area (Å²) in [5.41, 5.74) is 1.39. The van der Waals surface area contributed by atoms with Gasteiger partial charge in [0.1, 0.15) is 0 Å². The lowest BCUT2D eigenvalue weighted by Gasteiger charge is -2.36. The molecule has 3 N–H and O–H groups in total. The molecule has 0 heterocycles. The lowest BCUT2D eigenvalue weighted by atomic mass is 9.80. The zero-order chi connectivity index (χ0) is 14.4. The molecule has 20 heavy (non-hydrogen) atoms. The Balaban J connectivity index is 1.75. The van der Waals surface area contributed by atoms with Gasteiger partial charge in [-0.3, -0.25) is 0 Å². The molecule has 0 atom stereocenters. The van der Waals surface area contributed by atoms with Gasteiger partial charge in [-0.25, -0.2) is 4.79 Å². The number of unbranched alkanes of at least 4 members (excludes halogenated alkanes) is 1. The van der Waals surface area contributed by atoms with Crippen molar-refractivity contribution in [2.24, 2.45) is 0 Å². The van der Waals surface area contributed by atoms with Crippen molar-refractivity contribution in [3.8, 4) is 0 Å². The van der Waals surface area contributed by atoms with Gasteiger partial charge in [-0.1, -0.05) is 25.5 Å². The van der Waals surface area contributed by atoms with Gasteiger partial charge in [-0.15, -0.1) is 0 Å². The molecule has 0 spiro atoms. The molecule has 0 saturated heterocycles. The van der Waals surface area contributed by atoms with Gasteiger partial charge in [0.2, 0.25) is 0 Å². The van der Waals surface area contributed by atoms with E-state index in [-0.39, 0.29) is 6.03 Å². The number of aryl methyl sites for hydroxylation is 1. The largest absolute Gasteiger partial charge is 0.388 e. The van der Waals surface area contributed by atoms with Gasteiger partial charge in [-0.05, 0) is 49.8 Å². The van der Waals surface area contributed by atoms with E-state index in [2.05, 4.69) is 17.6 Å². The van der Waals surface area contributed by atoms with Crippen molar-refractivity contribution in [2.75, 3.05) is 11.9 Å². The number of aliphatic hydroxyl groups is 1. The number of urea groups is 1. The highest BCUT2D eigenvalue weighted by Crippen LogP contribution is 2.30. The quantitative estimate of drug-likeness (QED) is 0.747. The lowest BCUT2D eigenvalue weighted by Crippen LogP contribution is -2.48. The molecule has 1 aliphatic rings. The second kappa shape index (κ2) is 6.75. The Morgan fingerprint density at radius 2 is 2.00 bits per heavy atom. The highest BCUT2D eigenvalue weighted by molar-refractivity contribution is 5.89. The summed E-state index contributed by atoms with van der Waals surface area (Å²) in [6, 6.07) is 7.67. The molecule has 110 valence electrons. The van der Waals surface area contributed by atoms with Crippen LogP contribution in [0.4, 0.5) is 10.5 Å². The lowest BCUT2D eigenvalue weighted by molar-refractivity contribution is -0.0287. The van der Waals surface area contributed by atoms with Crippen molar-refractivity contribution < 1.29 is 9.90 Å². The van der Waals surface area contributed by atoms with Crippen molar-refractivity contribution in [1.29, 1.82) is 0 Å². The minimum atomic E-state index is -0.679. The standard InChI is InChI=1S/C16H24N2O2/c1-2-3-5-13-6-8-14(9-7-13)18-15(19)17-12-16(20)10-4-11-16/h6-9,20H,2-5,10-12H2,1H3,(H2,17,18,19). The summed E-state index contributed by atoms with van der Waals surface area (Å²) in [6.07, 6.45) is 6.05. The van der Waals surface area contributed by atoms with Crippen molar-refractivity contribution in [1.82, 2.24) is 5.32 Å². The molecule has 0 aromatic heterocycles. The highest BCUT2D eigenvalue weighted by atomic mass is 16.3. The van der Waals surface area contributed by atoms with Crippen LogP contribution in [0.15, 0.2) is 24.3 Å². The van der Waals surface area contributed by atoms with Crippen molar-refractivity contribution in [3.05, 3.63) is 29.8 Å². The third-order valence-electron chi connectivity index (χ3n) is 3.89. The van der Waals surface area contributed by atoms with Crippen molar-refractivity contribution in [2.45, 2.75) is 51.0 Å². The van der Waals surface area contributed by atoms with Gasteiger partial charge in [0.05, 0.1) is 5.60 Å². The summed E-state index contributed by atoms with van der Waals surface area (Å²) in [5, 5.41) is 15.4. The monoisotopic (exact) mass is 276 g/mol. The first-order valence-corrected chi connectivity index (χ1v) is 7.47. The molecule has 0 unspecified atom stereocenters. The second-order valence-corrected chi connectivity index (χ2v) is 5.69. The maximum absolute atomic E-state index is 11.7. The Hall–Kier alpha value is -1.55. The molecule has 0 bridgehead atoms. The Labute approximate surface area is 120 Å². The highest BCUT2D eigenvalue weighted by Gasteiger charge is 2.34. The molecule has 1 saturated carbocycles. The summed E-state index contributed by atoms with van der Waals surface area (Å²) in [7, 11) is 0. The molecule has 1 fully saturated rings. The summed E-state index contributed by atoms with van der Waals surface area (Å²) < 4.78 is 0. The number of hydrogen-bond acceptors (Lipinski definition) is 2. The molecule has 4 nitrogen and oxygen atoms in total. The van der Waals surface area contributed by atoms with Crippen LogP contribution in [0, 0.1) is 0 Å². The second-order valence-electron chi connectivity index (χ2n) is 5.69. The van der Waals surface area contributed by atoms with E-state index >= 15 is 0 Å². The Morgan fingerprint density at radius 1 is 1.30 bits per heavy atom. The van der Waals surface area contributed by atoms with Gasteiger partial charge < -0.3 is 15.7 Å². The minimum Gasteiger partial charge on any atom is -0.388 e. The predicted molar refractivity (Wildman–Crippen MR) is 80.9 cm³/mol. The third-order valence-corrected chi connectivity index (χ3v) is 3.89. The molecule has 0 aliphatic heterocycles. The van der Waals surface area contributed by atoms with E-state index in [0.29, 0.717) is 6.54 Å². The van der Waals surface area contributed by atoms with Crippen molar-refractivity contribution in [3.63, 3.8) is 0 Å². The summed E-state index contributed by atoms with van der Waals surface area (Å²) >= 11 is 0. The van der Waals surface area contributed by atoms with Crippen LogP contribution in [-0.2, 0) is 6.42 Å². The van der Waals surface area contributed by atoms with Crippen LogP contribution in [0.5, 0.6) is 0 Å². The van der Waals surface area contributed by atoms with E-state index in [1.54, 1.807) is 0 Å². The van der Waals surface area contributed by atoms with Gasteiger partial charge in [-0.2, -0.15) is 0 Å². The Kier molecular flexibility index (Phi) is 5.01. The SMILES string of the molecule is CCCCc1ccc(NC(=O)NCC2(O)CCC2)cc1. The van der Waals surface area contributed by atoms with Gasteiger partial charge in [0.15, 0.2) is 0 Å². The maximum Gasteiger partial charge on any atom is 0.319 e. The fraction of sp³-hybridized carbons (Fsp3) is 0.562. The number of amides is 2. The smallest absolute Gasteiger partial charge is 0.319 e. The Bertz CT molecular complexity index is 438. The van der Waals surface area contributed by atoms with E-state index < -0.39 is 5.60 Å². The topological polar surface area (TPSA) is 61.4 Å². The van der Waals surface area contributed by atoms with Gasteiger partial charge in [0.25, 0.3) is 0 Å². The van der Waals surface area contributed by atoms with E-state index in [9.17, 15) is 9.90 Å². The molecular weight excluding hydrogens is 252 g/mol. The van der Waals surface area contributed by atoms with Gasteiger partial charge in [0, 0.05) is 12.2 Å². The summed E-state index contributed by atoms with van der Waals surface area (Å²) in [6.45, 7) is 2.50. The number of anilines is 1. The maximum atomic E-state index is 11.7. The molecule has 2 amide bonds. The molecule has 1 aliphatic carbocycles. The molecule has 0 radical (unpaired) electrons. The van der Waals surface area contributed by atoms with E-state index in [4.69, 9.17) is 0 Å². The van der Waals surface area contributed by atoms with Crippen LogP contribution >= 0.6 is 0 Å². The zero-order valence-corrected chi connectivity index (χ0v) is 12.1. The molecule has 4 heteroatoms. The molecule has 1 aromatic rings.